The van der Waals surface area contributed by atoms with Gasteiger partial charge in [-0.25, -0.2) is 0 Å². The van der Waals surface area contributed by atoms with Crippen molar-refractivity contribution >= 4 is 38.3 Å². The number of benzene rings is 3. The summed E-state index contributed by atoms with van der Waals surface area (Å²) in [5.74, 6) is 1.22. The fourth-order valence-electron chi connectivity index (χ4n) is 3.81. The van der Waals surface area contributed by atoms with Gasteiger partial charge in [0, 0.05) is 31.7 Å². The molecule has 2 heterocycles. The summed E-state index contributed by atoms with van der Waals surface area (Å²) in [6.07, 6.45) is 0. The SMILES string of the molecule is Cc1nc2c(c(=O)[nH]1)C(c1ccc(Br)cc1)c1cc(Cl)c3ccccc3c1O2. The lowest BCUT2D eigenvalue weighted by atomic mass is 9.83. The van der Waals surface area contributed by atoms with Gasteiger partial charge < -0.3 is 9.72 Å². The predicted molar refractivity (Wildman–Crippen MR) is 114 cm³/mol. The van der Waals surface area contributed by atoms with Crippen LogP contribution >= 0.6 is 27.5 Å². The molecule has 3 aromatic carbocycles. The molecular formula is C22H14BrClN2O2. The van der Waals surface area contributed by atoms with E-state index in [1.54, 1.807) is 6.92 Å². The molecule has 1 N–H and O–H groups in total. The van der Waals surface area contributed by atoms with E-state index in [1.807, 2.05) is 54.6 Å². The average molecular weight is 454 g/mol. The van der Waals surface area contributed by atoms with Gasteiger partial charge >= 0.3 is 0 Å². The zero-order valence-corrected chi connectivity index (χ0v) is 17.1. The van der Waals surface area contributed by atoms with Gasteiger partial charge in [-0.15, -0.1) is 0 Å². The van der Waals surface area contributed by atoms with Gasteiger partial charge in [-0.05, 0) is 30.7 Å². The Kier molecular flexibility index (Phi) is 4.03. The molecule has 0 saturated heterocycles. The Morgan fingerprint density at radius 1 is 1.11 bits per heavy atom. The van der Waals surface area contributed by atoms with Crippen molar-refractivity contribution in [3.8, 4) is 11.6 Å². The summed E-state index contributed by atoms with van der Waals surface area (Å²) in [7, 11) is 0. The lowest BCUT2D eigenvalue weighted by Gasteiger charge is -2.28. The normalized spacial score (nSPS) is 15.0. The van der Waals surface area contributed by atoms with Crippen molar-refractivity contribution in [3.05, 3.63) is 97.0 Å². The summed E-state index contributed by atoms with van der Waals surface area (Å²) < 4.78 is 7.15. The van der Waals surface area contributed by atoms with Crippen molar-refractivity contribution in [1.29, 1.82) is 0 Å². The Balaban J connectivity index is 1.88. The smallest absolute Gasteiger partial charge is 0.258 e. The highest BCUT2D eigenvalue weighted by Gasteiger charge is 2.34. The number of aromatic nitrogens is 2. The fraction of sp³-hybridized carbons (Fsp3) is 0.0909. The van der Waals surface area contributed by atoms with E-state index in [2.05, 4.69) is 25.9 Å². The largest absolute Gasteiger partial charge is 0.437 e. The van der Waals surface area contributed by atoms with E-state index >= 15 is 0 Å². The Morgan fingerprint density at radius 2 is 1.82 bits per heavy atom. The molecule has 0 aliphatic carbocycles. The van der Waals surface area contributed by atoms with Crippen LogP contribution < -0.4 is 10.3 Å². The van der Waals surface area contributed by atoms with Crippen LogP contribution in [0.1, 0.15) is 28.4 Å². The highest BCUT2D eigenvalue weighted by molar-refractivity contribution is 9.10. The molecule has 28 heavy (non-hydrogen) atoms. The van der Waals surface area contributed by atoms with Crippen LogP contribution in [-0.4, -0.2) is 9.97 Å². The van der Waals surface area contributed by atoms with Crippen LogP contribution in [0.2, 0.25) is 5.02 Å². The number of nitrogens with zero attached hydrogens (tertiary/aromatic N) is 1. The summed E-state index contributed by atoms with van der Waals surface area (Å²) in [5, 5.41) is 2.43. The van der Waals surface area contributed by atoms with E-state index in [1.165, 1.54) is 0 Å². The first-order chi connectivity index (χ1) is 13.5. The van der Waals surface area contributed by atoms with Crippen molar-refractivity contribution in [3.63, 3.8) is 0 Å². The number of fused-ring (bicyclic) bond motifs is 4. The van der Waals surface area contributed by atoms with Crippen LogP contribution in [0, 0.1) is 6.92 Å². The van der Waals surface area contributed by atoms with Crippen LogP contribution in [0.25, 0.3) is 10.8 Å². The van der Waals surface area contributed by atoms with E-state index < -0.39 is 0 Å². The van der Waals surface area contributed by atoms with Gasteiger partial charge in [0.15, 0.2) is 0 Å². The predicted octanol–water partition coefficient (Wildman–Crippen LogP) is 5.93. The summed E-state index contributed by atoms with van der Waals surface area (Å²) in [4.78, 5) is 20.2. The van der Waals surface area contributed by atoms with Crippen LogP contribution in [0.3, 0.4) is 0 Å². The molecule has 0 amide bonds. The van der Waals surface area contributed by atoms with Crippen molar-refractivity contribution < 1.29 is 4.74 Å². The van der Waals surface area contributed by atoms with E-state index in [0.717, 1.165) is 26.4 Å². The highest BCUT2D eigenvalue weighted by Crippen LogP contribution is 2.49. The fourth-order valence-corrected chi connectivity index (χ4v) is 4.35. The molecule has 1 aromatic heterocycles. The lowest BCUT2D eigenvalue weighted by molar-refractivity contribution is 0.433. The van der Waals surface area contributed by atoms with Gasteiger partial charge in [0.05, 0.1) is 5.56 Å². The first kappa shape index (κ1) is 17.5. The Bertz CT molecular complexity index is 1300. The molecule has 0 fully saturated rings. The number of ether oxygens (including phenoxy) is 1. The minimum Gasteiger partial charge on any atom is -0.437 e. The number of hydrogen-bond donors (Lipinski definition) is 1. The number of nitrogens with one attached hydrogen (secondary N) is 1. The van der Waals surface area contributed by atoms with Crippen molar-refractivity contribution in [2.45, 2.75) is 12.8 Å². The van der Waals surface area contributed by atoms with Crippen LogP contribution in [0.15, 0.2) is 63.9 Å². The first-order valence-corrected chi connectivity index (χ1v) is 9.95. The van der Waals surface area contributed by atoms with Crippen molar-refractivity contribution in [2.24, 2.45) is 0 Å². The minimum absolute atomic E-state index is 0.203. The molecule has 138 valence electrons. The molecule has 1 unspecified atom stereocenters. The van der Waals surface area contributed by atoms with Gasteiger partial charge in [-0.1, -0.05) is 63.9 Å². The molecule has 0 spiro atoms. The molecule has 0 saturated carbocycles. The number of H-pyrrole nitrogens is 1. The monoisotopic (exact) mass is 452 g/mol. The molecule has 1 aliphatic rings. The number of rotatable bonds is 1. The molecule has 0 bridgehead atoms. The lowest BCUT2D eigenvalue weighted by Crippen LogP contribution is -2.24. The average Bonchev–Trinajstić information content (AvgIpc) is 2.68. The van der Waals surface area contributed by atoms with Gasteiger partial charge in [0.2, 0.25) is 5.88 Å². The third-order valence-electron chi connectivity index (χ3n) is 5.01. The maximum atomic E-state index is 12.9. The maximum absolute atomic E-state index is 12.9. The van der Waals surface area contributed by atoms with Gasteiger partial charge in [0.25, 0.3) is 5.56 Å². The number of hydrogen-bond acceptors (Lipinski definition) is 3. The number of halogens is 2. The minimum atomic E-state index is -0.328. The second kappa shape index (κ2) is 6.47. The number of aryl methyl sites for hydroxylation is 1. The molecule has 5 rings (SSSR count). The third-order valence-corrected chi connectivity index (χ3v) is 5.86. The van der Waals surface area contributed by atoms with E-state index in [4.69, 9.17) is 16.3 Å². The van der Waals surface area contributed by atoms with Crippen LogP contribution in [-0.2, 0) is 0 Å². The molecule has 6 heteroatoms. The second-order valence-corrected chi connectivity index (χ2v) is 8.10. The van der Waals surface area contributed by atoms with Gasteiger partial charge in [-0.2, -0.15) is 4.98 Å². The van der Waals surface area contributed by atoms with E-state index in [-0.39, 0.29) is 11.5 Å². The molecule has 4 nitrogen and oxygen atoms in total. The Hall–Kier alpha value is -2.63. The summed E-state index contributed by atoms with van der Waals surface area (Å²) in [6.45, 7) is 1.75. The van der Waals surface area contributed by atoms with Crippen LogP contribution in [0.5, 0.6) is 11.6 Å². The van der Waals surface area contributed by atoms with Crippen molar-refractivity contribution in [2.75, 3.05) is 0 Å². The summed E-state index contributed by atoms with van der Waals surface area (Å²) in [5.41, 5.74) is 2.11. The van der Waals surface area contributed by atoms with E-state index in [0.29, 0.717) is 28.0 Å². The molecule has 1 aliphatic heterocycles. The van der Waals surface area contributed by atoms with Gasteiger partial charge in [0.1, 0.15) is 11.6 Å². The summed E-state index contributed by atoms with van der Waals surface area (Å²) in [6, 6.07) is 17.6. The third kappa shape index (κ3) is 2.65. The maximum Gasteiger partial charge on any atom is 0.258 e. The molecular weight excluding hydrogens is 440 g/mol. The zero-order valence-electron chi connectivity index (χ0n) is 14.8. The standard InChI is InChI=1S/C22H14BrClN2O2/c1-11-25-21(27)19-18(12-6-8-13(23)9-7-12)16-10-17(24)14-4-2-3-5-15(14)20(16)28-22(19)26-11/h2-10,18H,1H3,(H,25,26,27). The van der Waals surface area contributed by atoms with Crippen LogP contribution in [0.4, 0.5) is 0 Å². The summed E-state index contributed by atoms with van der Waals surface area (Å²) >= 11 is 10.1. The number of aromatic amines is 1. The molecule has 4 aromatic rings. The molecule has 0 radical (unpaired) electrons. The molecule has 1 atom stereocenters. The Labute approximate surface area is 174 Å². The quantitative estimate of drug-likeness (QED) is 0.342. The van der Waals surface area contributed by atoms with Crippen molar-refractivity contribution in [1.82, 2.24) is 9.97 Å². The second-order valence-electron chi connectivity index (χ2n) is 6.78. The first-order valence-electron chi connectivity index (χ1n) is 8.78. The van der Waals surface area contributed by atoms with E-state index in [9.17, 15) is 4.79 Å². The topological polar surface area (TPSA) is 55.0 Å². The highest BCUT2D eigenvalue weighted by atomic mass is 79.9. The Morgan fingerprint density at radius 3 is 2.57 bits per heavy atom. The van der Waals surface area contributed by atoms with Gasteiger partial charge in [-0.3, -0.25) is 4.79 Å². The zero-order chi connectivity index (χ0) is 19.4.